The number of hydrogen-bond acceptors (Lipinski definition) is 4. The van der Waals surface area contributed by atoms with Crippen LogP contribution in [-0.4, -0.2) is 43.5 Å². The molecule has 1 aliphatic rings. The number of hydrogen-bond donors (Lipinski definition) is 2. The summed E-state index contributed by atoms with van der Waals surface area (Å²) in [5, 5.41) is 17.9. The second-order valence-electron chi connectivity index (χ2n) is 3.56. The molecule has 0 atom stereocenters. The van der Waals surface area contributed by atoms with Crippen molar-refractivity contribution in [2.75, 3.05) is 31.2 Å². The quantitative estimate of drug-likeness (QED) is 0.659. The minimum absolute atomic E-state index is 0. The molecule has 0 unspecified atom stereocenters. The van der Waals surface area contributed by atoms with Crippen LogP contribution in [0.4, 0.5) is 5.69 Å². The van der Waals surface area contributed by atoms with Crippen molar-refractivity contribution in [3.63, 3.8) is 0 Å². The van der Waals surface area contributed by atoms with E-state index in [0.29, 0.717) is 5.46 Å². The monoisotopic (exact) mass is 211 g/mol. The Morgan fingerprint density at radius 3 is 2.27 bits per heavy atom. The molecule has 1 heterocycles. The first kappa shape index (κ1) is 10.5. The van der Waals surface area contributed by atoms with E-state index in [9.17, 15) is 0 Å². The van der Waals surface area contributed by atoms with Crippen molar-refractivity contribution >= 4 is 18.3 Å². The van der Waals surface area contributed by atoms with Crippen LogP contribution in [-0.2, 0) is 4.74 Å². The number of ether oxygens (including phenoxy) is 1. The second kappa shape index (κ2) is 4.66. The number of rotatable bonds is 2. The van der Waals surface area contributed by atoms with Gasteiger partial charge in [0.05, 0.1) is 13.2 Å². The average Bonchev–Trinajstić information content (AvgIpc) is 2.30. The lowest BCUT2D eigenvalue weighted by Gasteiger charge is -2.28. The lowest BCUT2D eigenvalue weighted by atomic mass is 9.80. The summed E-state index contributed by atoms with van der Waals surface area (Å²) < 4.78 is 5.26. The summed E-state index contributed by atoms with van der Waals surface area (Å²) in [6.45, 7) is 3.29. The van der Waals surface area contributed by atoms with Gasteiger partial charge in [-0.2, -0.15) is 0 Å². The second-order valence-corrected chi connectivity index (χ2v) is 3.56. The van der Waals surface area contributed by atoms with Gasteiger partial charge in [-0.1, -0.05) is 12.1 Å². The number of benzene rings is 1. The molecular formula is C10H18BNO3. The third kappa shape index (κ3) is 2.50. The molecule has 0 radical (unpaired) electrons. The molecule has 2 rings (SSSR count). The van der Waals surface area contributed by atoms with Crippen molar-refractivity contribution in [3.8, 4) is 0 Å². The fraction of sp³-hybridized carbons (Fsp3) is 0.400. The molecule has 5 heteroatoms. The highest BCUT2D eigenvalue weighted by Gasteiger charge is 2.13. The van der Waals surface area contributed by atoms with E-state index < -0.39 is 7.12 Å². The van der Waals surface area contributed by atoms with Crippen LogP contribution in [0.1, 0.15) is 2.85 Å². The Morgan fingerprint density at radius 2 is 1.73 bits per heavy atom. The van der Waals surface area contributed by atoms with Crippen LogP contribution in [0.5, 0.6) is 0 Å². The van der Waals surface area contributed by atoms with Gasteiger partial charge in [-0.05, 0) is 17.6 Å². The van der Waals surface area contributed by atoms with Crippen molar-refractivity contribution in [2.24, 2.45) is 0 Å². The third-order valence-corrected chi connectivity index (χ3v) is 2.57. The Balaban J connectivity index is 0.00000128. The van der Waals surface area contributed by atoms with E-state index in [2.05, 4.69) is 4.90 Å². The SMILES string of the molecule is OB(O)c1ccc(N2CCOCC2)cc1.[HH].[HH]. The van der Waals surface area contributed by atoms with Gasteiger partial charge in [0, 0.05) is 21.6 Å². The number of nitrogens with zero attached hydrogens (tertiary/aromatic N) is 1. The fourth-order valence-electron chi connectivity index (χ4n) is 1.68. The lowest BCUT2D eigenvalue weighted by Crippen LogP contribution is -2.36. The van der Waals surface area contributed by atoms with Gasteiger partial charge < -0.3 is 19.7 Å². The number of morpholine rings is 1. The van der Waals surface area contributed by atoms with E-state index in [1.807, 2.05) is 12.1 Å². The topological polar surface area (TPSA) is 52.9 Å². The van der Waals surface area contributed by atoms with E-state index >= 15 is 0 Å². The largest absolute Gasteiger partial charge is 0.488 e. The molecule has 1 aromatic carbocycles. The summed E-state index contributed by atoms with van der Waals surface area (Å²) in [7, 11) is -1.39. The summed E-state index contributed by atoms with van der Waals surface area (Å²) in [6, 6.07) is 7.27. The minimum Gasteiger partial charge on any atom is -0.423 e. The van der Waals surface area contributed by atoms with E-state index in [1.165, 1.54) is 0 Å². The molecule has 0 saturated carbocycles. The highest BCUT2D eigenvalue weighted by molar-refractivity contribution is 6.58. The van der Waals surface area contributed by atoms with Crippen LogP contribution in [0.15, 0.2) is 24.3 Å². The molecule has 15 heavy (non-hydrogen) atoms. The van der Waals surface area contributed by atoms with Crippen LogP contribution < -0.4 is 10.4 Å². The van der Waals surface area contributed by atoms with Crippen LogP contribution in [0.3, 0.4) is 0 Å². The summed E-state index contributed by atoms with van der Waals surface area (Å²) >= 11 is 0. The Hall–Kier alpha value is -1.04. The first-order valence-electron chi connectivity index (χ1n) is 5.06. The molecule has 2 N–H and O–H groups in total. The summed E-state index contributed by atoms with van der Waals surface area (Å²) in [5.74, 6) is 0. The van der Waals surface area contributed by atoms with Crippen LogP contribution in [0.2, 0.25) is 0 Å². The molecule has 0 aliphatic carbocycles. The first-order valence-corrected chi connectivity index (χ1v) is 5.06. The molecule has 0 amide bonds. The molecule has 1 aliphatic heterocycles. The Kier molecular flexibility index (Phi) is 3.25. The van der Waals surface area contributed by atoms with Crippen LogP contribution in [0.25, 0.3) is 0 Å². The highest BCUT2D eigenvalue weighted by Crippen LogP contribution is 2.13. The summed E-state index contributed by atoms with van der Waals surface area (Å²) in [4.78, 5) is 2.22. The van der Waals surface area contributed by atoms with Gasteiger partial charge in [0.2, 0.25) is 0 Å². The molecule has 1 fully saturated rings. The van der Waals surface area contributed by atoms with Gasteiger partial charge >= 0.3 is 7.12 Å². The Labute approximate surface area is 92.2 Å². The van der Waals surface area contributed by atoms with Crippen molar-refractivity contribution in [1.82, 2.24) is 0 Å². The normalized spacial score (nSPS) is 16.5. The van der Waals surface area contributed by atoms with Gasteiger partial charge in [-0.15, -0.1) is 0 Å². The smallest absolute Gasteiger partial charge is 0.423 e. The van der Waals surface area contributed by atoms with E-state index in [1.54, 1.807) is 12.1 Å². The maximum Gasteiger partial charge on any atom is 0.488 e. The predicted octanol–water partition coefficient (Wildman–Crippen LogP) is -0.305. The van der Waals surface area contributed by atoms with Gasteiger partial charge in [0.15, 0.2) is 0 Å². The lowest BCUT2D eigenvalue weighted by molar-refractivity contribution is 0.122. The van der Waals surface area contributed by atoms with Crippen molar-refractivity contribution in [1.29, 1.82) is 0 Å². The molecule has 1 aromatic rings. The molecule has 0 bridgehead atoms. The van der Waals surface area contributed by atoms with Gasteiger partial charge in [-0.3, -0.25) is 0 Å². The molecule has 0 aromatic heterocycles. The Morgan fingerprint density at radius 1 is 1.13 bits per heavy atom. The predicted molar refractivity (Wildman–Crippen MR) is 63.5 cm³/mol. The zero-order valence-electron chi connectivity index (χ0n) is 8.47. The zero-order valence-corrected chi connectivity index (χ0v) is 8.47. The zero-order chi connectivity index (χ0) is 10.7. The Bertz CT molecular complexity index is 318. The maximum atomic E-state index is 8.95. The van der Waals surface area contributed by atoms with Crippen molar-refractivity contribution < 1.29 is 17.6 Å². The van der Waals surface area contributed by atoms with Gasteiger partial charge in [0.1, 0.15) is 0 Å². The molecule has 1 saturated heterocycles. The van der Waals surface area contributed by atoms with E-state index in [-0.39, 0.29) is 2.85 Å². The maximum absolute atomic E-state index is 8.95. The third-order valence-electron chi connectivity index (χ3n) is 2.57. The molecule has 84 valence electrons. The number of anilines is 1. The van der Waals surface area contributed by atoms with Gasteiger partial charge in [0.25, 0.3) is 0 Å². The van der Waals surface area contributed by atoms with Crippen molar-refractivity contribution in [2.45, 2.75) is 0 Å². The average molecular weight is 211 g/mol. The molecule has 0 spiro atoms. The molecular weight excluding hydrogens is 193 g/mol. The minimum atomic E-state index is -1.39. The highest BCUT2D eigenvalue weighted by atomic mass is 16.5. The van der Waals surface area contributed by atoms with Gasteiger partial charge in [-0.25, -0.2) is 0 Å². The molecule has 4 nitrogen and oxygen atoms in total. The fourth-order valence-corrected chi connectivity index (χ4v) is 1.68. The standard InChI is InChI=1S/C10H14BNO3.2H2/c13-11(14)9-1-3-10(4-2-9)12-5-7-15-8-6-12;;/h1-4,13-14H,5-8H2;2*1H. The van der Waals surface area contributed by atoms with Crippen LogP contribution in [0, 0.1) is 0 Å². The van der Waals surface area contributed by atoms with E-state index in [0.717, 1.165) is 32.0 Å². The van der Waals surface area contributed by atoms with E-state index in [4.69, 9.17) is 14.8 Å². The van der Waals surface area contributed by atoms with Crippen molar-refractivity contribution in [3.05, 3.63) is 24.3 Å². The summed E-state index contributed by atoms with van der Waals surface area (Å²) in [5.41, 5.74) is 1.62. The summed E-state index contributed by atoms with van der Waals surface area (Å²) in [6.07, 6.45) is 0. The first-order chi connectivity index (χ1) is 7.27. The van der Waals surface area contributed by atoms with Crippen LogP contribution >= 0.6 is 0 Å².